The fourth-order valence-corrected chi connectivity index (χ4v) is 3.35. The number of aliphatic hydroxyl groups excluding tert-OH is 1. The van der Waals surface area contributed by atoms with Crippen LogP contribution in [0, 0.1) is 0 Å². The topological polar surface area (TPSA) is 77.0 Å². The zero-order valence-corrected chi connectivity index (χ0v) is 19.6. The Kier molecular flexibility index (Phi) is 10.7. The predicted molar refractivity (Wildman–Crippen MR) is 130 cm³/mol. The highest BCUT2D eigenvalue weighted by atomic mass is 35.5. The smallest absolute Gasteiger partial charge is 0.338 e. The molecule has 0 amide bonds. The van der Waals surface area contributed by atoms with Crippen LogP contribution in [0.5, 0.6) is 11.5 Å². The third-order valence-electron chi connectivity index (χ3n) is 4.93. The van der Waals surface area contributed by atoms with Gasteiger partial charge >= 0.3 is 5.97 Å². The van der Waals surface area contributed by atoms with E-state index in [-0.39, 0.29) is 31.7 Å². The van der Waals surface area contributed by atoms with E-state index >= 15 is 0 Å². The fourth-order valence-electron chi connectivity index (χ4n) is 3.35. The standard InChI is InChI=1S/C26H29NO5.ClH/c1-3-31-26(29)21-14-15-23(30-2)24(16-21)32-18-22(28)17-27-25(19-10-6-4-7-11-19)20-12-8-5-9-13-20;/h4-16,22,25,27-28H,3,17-18H2,1-2H3;1H. The van der Waals surface area contributed by atoms with Crippen LogP contribution in [0.2, 0.25) is 0 Å². The molecule has 0 radical (unpaired) electrons. The van der Waals surface area contributed by atoms with Crippen molar-refractivity contribution in [1.82, 2.24) is 5.32 Å². The van der Waals surface area contributed by atoms with E-state index in [1.54, 1.807) is 25.1 Å². The summed E-state index contributed by atoms with van der Waals surface area (Å²) in [6.07, 6.45) is -0.777. The molecule has 176 valence electrons. The number of aliphatic hydroxyl groups is 1. The van der Waals surface area contributed by atoms with Gasteiger partial charge in [-0.2, -0.15) is 0 Å². The van der Waals surface area contributed by atoms with E-state index in [2.05, 4.69) is 29.6 Å². The van der Waals surface area contributed by atoms with Crippen LogP contribution in [-0.2, 0) is 4.74 Å². The Balaban J connectivity index is 0.00000385. The molecule has 1 atom stereocenters. The molecule has 3 aromatic carbocycles. The van der Waals surface area contributed by atoms with E-state index in [4.69, 9.17) is 14.2 Å². The average Bonchev–Trinajstić information content (AvgIpc) is 2.84. The number of halogens is 1. The van der Waals surface area contributed by atoms with Gasteiger partial charge in [-0.25, -0.2) is 4.79 Å². The van der Waals surface area contributed by atoms with E-state index < -0.39 is 12.1 Å². The Hall–Kier alpha value is -3.06. The summed E-state index contributed by atoms with van der Waals surface area (Å²) in [5, 5.41) is 14.0. The van der Waals surface area contributed by atoms with Gasteiger partial charge in [0.05, 0.1) is 25.3 Å². The Morgan fingerprint density at radius 1 is 0.939 bits per heavy atom. The first kappa shape index (κ1) is 26.2. The Labute approximate surface area is 200 Å². The third kappa shape index (κ3) is 7.49. The van der Waals surface area contributed by atoms with Crippen molar-refractivity contribution in [1.29, 1.82) is 0 Å². The fraction of sp³-hybridized carbons (Fsp3) is 0.269. The molecular weight excluding hydrogens is 442 g/mol. The molecule has 33 heavy (non-hydrogen) atoms. The van der Waals surface area contributed by atoms with Gasteiger partial charge in [-0.05, 0) is 36.2 Å². The Morgan fingerprint density at radius 2 is 1.55 bits per heavy atom. The molecule has 0 aliphatic rings. The van der Waals surface area contributed by atoms with Gasteiger partial charge in [0.1, 0.15) is 12.7 Å². The van der Waals surface area contributed by atoms with Crippen molar-refractivity contribution in [2.24, 2.45) is 0 Å². The summed E-state index contributed by atoms with van der Waals surface area (Å²) in [4.78, 5) is 12.0. The highest BCUT2D eigenvalue weighted by molar-refractivity contribution is 5.90. The molecule has 0 spiro atoms. The molecule has 0 aliphatic heterocycles. The number of methoxy groups -OCH3 is 1. The first-order valence-corrected chi connectivity index (χ1v) is 10.6. The minimum absolute atomic E-state index is 0. The van der Waals surface area contributed by atoms with Crippen LogP contribution in [0.3, 0.4) is 0 Å². The molecule has 0 bridgehead atoms. The van der Waals surface area contributed by atoms with Gasteiger partial charge in [0.15, 0.2) is 11.5 Å². The molecule has 2 N–H and O–H groups in total. The van der Waals surface area contributed by atoms with Crippen molar-refractivity contribution in [3.05, 3.63) is 95.6 Å². The number of ether oxygens (including phenoxy) is 3. The van der Waals surface area contributed by atoms with Gasteiger partial charge in [0, 0.05) is 6.54 Å². The largest absolute Gasteiger partial charge is 0.493 e. The van der Waals surface area contributed by atoms with Crippen LogP contribution in [0.4, 0.5) is 0 Å². The molecule has 0 fully saturated rings. The Bertz CT molecular complexity index is 945. The molecule has 0 saturated carbocycles. The second-order valence-corrected chi connectivity index (χ2v) is 7.21. The second kappa shape index (κ2) is 13.5. The number of esters is 1. The minimum Gasteiger partial charge on any atom is -0.493 e. The second-order valence-electron chi connectivity index (χ2n) is 7.21. The van der Waals surface area contributed by atoms with E-state index in [0.29, 0.717) is 23.6 Å². The Morgan fingerprint density at radius 3 is 2.09 bits per heavy atom. The average molecular weight is 472 g/mol. The monoisotopic (exact) mass is 471 g/mol. The summed E-state index contributed by atoms with van der Waals surface area (Å²) < 4.78 is 16.1. The number of rotatable bonds is 11. The van der Waals surface area contributed by atoms with Gasteiger partial charge in [-0.3, -0.25) is 0 Å². The molecule has 6 nitrogen and oxygen atoms in total. The lowest BCUT2D eigenvalue weighted by Crippen LogP contribution is -2.34. The first-order chi connectivity index (χ1) is 15.6. The highest BCUT2D eigenvalue weighted by Gasteiger charge is 2.17. The number of hydrogen-bond donors (Lipinski definition) is 2. The molecule has 3 aromatic rings. The SMILES string of the molecule is CCOC(=O)c1ccc(OC)c(OCC(O)CNC(c2ccccc2)c2ccccc2)c1.Cl. The van der Waals surface area contributed by atoms with E-state index in [1.807, 2.05) is 36.4 Å². The summed E-state index contributed by atoms with van der Waals surface area (Å²) in [6, 6.07) is 24.9. The van der Waals surface area contributed by atoms with Crippen LogP contribution in [0.25, 0.3) is 0 Å². The van der Waals surface area contributed by atoms with Gasteiger partial charge in [-0.15, -0.1) is 12.4 Å². The molecule has 0 aromatic heterocycles. The maximum absolute atomic E-state index is 12.0. The lowest BCUT2D eigenvalue weighted by Gasteiger charge is -2.22. The van der Waals surface area contributed by atoms with Crippen molar-refractivity contribution in [2.75, 3.05) is 26.9 Å². The van der Waals surface area contributed by atoms with Crippen molar-refractivity contribution in [3.63, 3.8) is 0 Å². The van der Waals surface area contributed by atoms with Gasteiger partial charge in [-0.1, -0.05) is 60.7 Å². The van der Waals surface area contributed by atoms with Crippen molar-refractivity contribution in [2.45, 2.75) is 19.1 Å². The number of nitrogens with one attached hydrogen (secondary N) is 1. The summed E-state index contributed by atoms with van der Waals surface area (Å²) >= 11 is 0. The normalized spacial score (nSPS) is 11.4. The lowest BCUT2D eigenvalue weighted by atomic mass is 9.98. The maximum atomic E-state index is 12.0. The number of hydrogen-bond acceptors (Lipinski definition) is 6. The minimum atomic E-state index is -0.777. The summed E-state index contributed by atoms with van der Waals surface area (Å²) in [6.45, 7) is 2.38. The molecule has 0 heterocycles. The maximum Gasteiger partial charge on any atom is 0.338 e. The van der Waals surface area contributed by atoms with E-state index in [0.717, 1.165) is 11.1 Å². The first-order valence-electron chi connectivity index (χ1n) is 10.6. The summed E-state index contributed by atoms with van der Waals surface area (Å²) in [5.74, 6) is 0.417. The predicted octanol–water partition coefficient (Wildman–Crippen LogP) is 4.41. The molecule has 0 saturated heterocycles. The number of benzene rings is 3. The van der Waals surface area contributed by atoms with Crippen LogP contribution in [0.15, 0.2) is 78.9 Å². The molecule has 0 aliphatic carbocycles. The zero-order valence-electron chi connectivity index (χ0n) is 18.8. The van der Waals surface area contributed by atoms with Crippen molar-refractivity contribution >= 4 is 18.4 Å². The van der Waals surface area contributed by atoms with Gasteiger partial charge in [0.2, 0.25) is 0 Å². The number of carbonyl (C=O) groups is 1. The van der Waals surface area contributed by atoms with Crippen molar-refractivity contribution < 1.29 is 24.1 Å². The van der Waals surface area contributed by atoms with Crippen LogP contribution < -0.4 is 14.8 Å². The third-order valence-corrected chi connectivity index (χ3v) is 4.93. The highest BCUT2D eigenvalue weighted by Crippen LogP contribution is 2.28. The van der Waals surface area contributed by atoms with Crippen LogP contribution in [-0.4, -0.2) is 44.0 Å². The molecule has 3 rings (SSSR count). The van der Waals surface area contributed by atoms with Crippen LogP contribution in [0.1, 0.15) is 34.5 Å². The van der Waals surface area contributed by atoms with Crippen molar-refractivity contribution in [3.8, 4) is 11.5 Å². The van der Waals surface area contributed by atoms with Gasteiger partial charge < -0.3 is 24.6 Å². The van der Waals surface area contributed by atoms with E-state index in [1.165, 1.54) is 7.11 Å². The number of carbonyl (C=O) groups excluding carboxylic acids is 1. The zero-order chi connectivity index (χ0) is 22.8. The summed E-state index contributed by atoms with van der Waals surface area (Å²) in [7, 11) is 1.52. The van der Waals surface area contributed by atoms with Crippen LogP contribution >= 0.6 is 12.4 Å². The van der Waals surface area contributed by atoms with E-state index in [9.17, 15) is 9.90 Å². The summed E-state index contributed by atoms with van der Waals surface area (Å²) in [5.41, 5.74) is 2.58. The molecule has 1 unspecified atom stereocenters. The quantitative estimate of drug-likeness (QED) is 0.403. The molecular formula is C26H30ClNO5. The molecule has 7 heteroatoms. The lowest BCUT2D eigenvalue weighted by molar-refractivity contribution is 0.0525. The van der Waals surface area contributed by atoms with Gasteiger partial charge in [0.25, 0.3) is 0 Å².